The fraction of sp³-hybridized carbons (Fsp3) is 0.188. The van der Waals surface area contributed by atoms with Gasteiger partial charge < -0.3 is 0 Å². The molecule has 0 radical (unpaired) electrons. The van der Waals surface area contributed by atoms with Crippen LogP contribution in [0, 0.1) is 10.1 Å². The Hall–Kier alpha value is -2.34. The van der Waals surface area contributed by atoms with E-state index in [1.165, 1.54) is 12.1 Å². The molecule has 1 fully saturated rings. The molecular formula is C16H14N2O3S. The molecule has 0 aliphatic carbocycles. The average Bonchev–Trinajstić information content (AvgIpc) is 2.85. The molecule has 0 bridgehead atoms. The second kappa shape index (κ2) is 5.46. The minimum atomic E-state index is -0.505. The van der Waals surface area contributed by atoms with Crippen LogP contribution in [-0.4, -0.2) is 16.6 Å². The van der Waals surface area contributed by atoms with E-state index in [1.54, 1.807) is 28.8 Å². The van der Waals surface area contributed by atoms with Crippen molar-refractivity contribution in [1.82, 2.24) is 0 Å². The average molecular weight is 314 g/mol. The van der Waals surface area contributed by atoms with Gasteiger partial charge in [0.1, 0.15) is 4.87 Å². The third-order valence-electron chi connectivity index (χ3n) is 3.78. The molecule has 1 unspecified atom stereocenters. The molecule has 1 heterocycles. The van der Waals surface area contributed by atoms with Crippen molar-refractivity contribution in [3.8, 4) is 0 Å². The van der Waals surface area contributed by atoms with Gasteiger partial charge in [0.05, 0.1) is 10.7 Å². The monoisotopic (exact) mass is 314 g/mol. The highest BCUT2D eigenvalue weighted by Crippen LogP contribution is 2.47. The van der Waals surface area contributed by atoms with Crippen molar-refractivity contribution in [3.05, 3.63) is 70.3 Å². The van der Waals surface area contributed by atoms with E-state index in [9.17, 15) is 14.9 Å². The van der Waals surface area contributed by atoms with E-state index >= 15 is 0 Å². The summed E-state index contributed by atoms with van der Waals surface area (Å²) in [5.41, 5.74) is 1.72. The topological polar surface area (TPSA) is 63.5 Å². The van der Waals surface area contributed by atoms with Crippen molar-refractivity contribution in [1.29, 1.82) is 0 Å². The molecule has 5 nitrogen and oxygen atoms in total. The lowest BCUT2D eigenvalue weighted by Crippen LogP contribution is -2.40. The van der Waals surface area contributed by atoms with Gasteiger partial charge >= 0.3 is 0 Å². The normalized spacial score (nSPS) is 21.1. The quantitative estimate of drug-likeness (QED) is 0.642. The first-order valence-electron chi connectivity index (χ1n) is 6.79. The van der Waals surface area contributed by atoms with Crippen molar-refractivity contribution in [2.45, 2.75) is 11.8 Å². The van der Waals surface area contributed by atoms with Crippen LogP contribution in [0.1, 0.15) is 12.5 Å². The molecule has 2 aromatic rings. The largest absolute Gasteiger partial charge is 0.293 e. The Morgan fingerprint density at radius 2 is 1.77 bits per heavy atom. The van der Waals surface area contributed by atoms with Crippen molar-refractivity contribution in [3.63, 3.8) is 0 Å². The zero-order chi connectivity index (χ0) is 15.7. The smallest absolute Gasteiger partial charge is 0.269 e. The van der Waals surface area contributed by atoms with Crippen LogP contribution in [0.15, 0.2) is 54.6 Å². The molecular weight excluding hydrogens is 300 g/mol. The van der Waals surface area contributed by atoms with E-state index in [2.05, 4.69) is 0 Å². The molecule has 112 valence electrons. The Kier molecular flexibility index (Phi) is 3.62. The zero-order valence-corrected chi connectivity index (χ0v) is 12.7. The molecule has 0 N–H and O–H groups in total. The minimum absolute atomic E-state index is 0.00482. The van der Waals surface area contributed by atoms with E-state index in [1.807, 2.05) is 37.3 Å². The van der Waals surface area contributed by atoms with E-state index in [4.69, 9.17) is 0 Å². The van der Waals surface area contributed by atoms with Gasteiger partial charge in [-0.1, -0.05) is 30.3 Å². The molecule has 1 amide bonds. The van der Waals surface area contributed by atoms with Crippen LogP contribution in [0.3, 0.4) is 0 Å². The van der Waals surface area contributed by atoms with Gasteiger partial charge in [-0.15, -0.1) is 11.8 Å². The molecule has 1 aliphatic heterocycles. The number of benzene rings is 2. The third-order valence-corrected chi connectivity index (χ3v) is 5.15. The lowest BCUT2D eigenvalue weighted by molar-refractivity contribution is -0.384. The summed E-state index contributed by atoms with van der Waals surface area (Å²) in [5, 5.41) is 10.8. The number of non-ortho nitro benzene ring substituents is 1. The number of hydrogen-bond donors (Lipinski definition) is 0. The number of thioether (sulfide) groups is 1. The van der Waals surface area contributed by atoms with E-state index in [0.717, 1.165) is 5.56 Å². The molecule has 1 aliphatic rings. The van der Waals surface area contributed by atoms with Crippen LogP contribution < -0.4 is 4.90 Å². The molecule has 2 aromatic carbocycles. The number of nitrogens with zero attached hydrogens (tertiary/aromatic N) is 2. The van der Waals surface area contributed by atoms with Gasteiger partial charge in [0.25, 0.3) is 5.69 Å². The van der Waals surface area contributed by atoms with Gasteiger partial charge in [-0.2, -0.15) is 0 Å². The first-order valence-corrected chi connectivity index (χ1v) is 7.78. The fourth-order valence-corrected chi connectivity index (χ4v) is 3.82. The Balaban J connectivity index is 2.03. The summed E-state index contributed by atoms with van der Waals surface area (Å²) < 4.78 is 0. The van der Waals surface area contributed by atoms with Crippen LogP contribution in [0.4, 0.5) is 11.4 Å². The molecule has 6 heteroatoms. The number of carbonyl (C=O) groups is 1. The van der Waals surface area contributed by atoms with E-state index in [0.29, 0.717) is 11.4 Å². The molecule has 1 saturated heterocycles. The van der Waals surface area contributed by atoms with Gasteiger partial charge in [0, 0.05) is 17.8 Å². The Morgan fingerprint density at radius 3 is 2.36 bits per heavy atom. The molecule has 22 heavy (non-hydrogen) atoms. The Labute approximate surface area is 132 Å². The van der Waals surface area contributed by atoms with Crippen LogP contribution in [-0.2, 0) is 9.67 Å². The van der Waals surface area contributed by atoms with Gasteiger partial charge in [0.15, 0.2) is 0 Å². The number of nitro groups is 1. The van der Waals surface area contributed by atoms with Gasteiger partial charge in [-0.05, 0) is 24.6 Å². The minimum Gasteiger partial charge on any atom is -0.293 e. The lowest BCUT2D eigenvalue weighted by atomic mass is 10.1. The third kappa shape index (κ3) is 2.35. The molecule has 0 aromatic heterocycles. The van der Waals surface area contributed by atoms with Crippen LogP contribution >= 0.6 is 11.8 Å². The first kappa shape index (κ1) is 14.6. The van der Waals surface area contributed by atoms with Gasteiger partial charge in [0.2, 0.25) is 5.91 Å². The number of nitro benzene ring substituents is 1. The highest BCUT2D eigenvalue weighted by molar-refractivity contribution is 8.01. The number of carbonyl (C=O) groups excluding carboxylic acids is 1. The number of amides is 1. The SMILES string of the molecule is CC1(c2ccccc2)SCC(=O)N1c1ccc([N+](=O)[O-])cc1. The van der Waals surface area contributed by atoms with E-state index < -0.39 is 9.79 Å². The van der Waals surface area contributed by atoms with Crippen LogP contribution in [0.2, 0.25) is 0 Å². The summed E-state index contributed by atoms with van der Waals surface area (Å²) in [6, 6.07) is 15.9. The maximum atomic E-state index is 12.4. The number of anilines is 1. The summed E-state index contributed by atoms with van der Waals surface area (Å²) in [6.07, 6.45) is 0. The van der Waals surface area contributed by atoms with Crippen molar-refractivity contribution >= 4 is 29.0 Å². The summed E-state index contributed by atoms with van der Waals surface area (Å²) in [4.78, 5) is 23.9. The van der Waals surface area contributed by atoms with Crippen molar-refractivity contribution in [2.75, 3.05) is 10.7 Å². The van der Waals surface area contributed by atoms with Gasteiger partial charge in [-0.3, -0.25) is 19.8 Å². The van der Waals surface area contributed by atoms with E-state index in [-0.39, 0.29) is 11.6 Å². The highest BCUT2D eigenvalue weighted by atomic mass is 32.2. The second-order valence-corrected chi connectivity index (χ2v) is 6.51. The highest BCUT2D eigenvalue weighted by Gasteiger charge is 2.44. The molecule has 1 atom stereocenters. The summed E-state index contributed by atoms with van der Waals surface area (Å²) in [6.45, 7) is 2.00. The second-order valence-electron chi connectivity index (χ2n) is 5.14. The molecule has 3 rings (SSSR count). The Bertz CT molecular complexity index is 718. The first-order chi connectivity index (χ1) is 10.5. The number of hydrogen-bond acceptors (Lipinski definition) is 4. The predicted molar refractivity (Wildman–Crippen MR) is 86.8 cm³/mol. The zero-order valence-electron chi connectivity index (χ0n) is 11.9. The van der Waals surface area contributed by atoms with Gasteiger partial charge in [-0.25, -0.2) is 0 Å². The predicted octanol–water partition coefficient (Wildman–Crippen LogP) is 3.55. The van der Waals surface area contributed by atoms with Crippen LogP contribution in [0.5, 0.6) is 0 Å². The maximum Gasteiger partial charge on any atom is 0.269 e. The fourth-order valence-electron chi connectivity index (χ4n) is 2.64. The molecule has 0 spiro atoms. The van der Waals surface area contributed by atoms with Crippen molar-refractivity contribution in [2.24, 2.45) is 0 Å². The maximum absolute atomic E-state index is 12.4. The summed E-state index contributed by atoms with van der Waals surface area (Å²) >= 11 is 1.56. The summed E-state index contributed by atoms with van der Waals surface area (Å²) in [7, 11) is 0. The lowest BCUT2D eigenvalue weighted by Gasteiger charge is -2.34. The van der Waals surface area contributed by atoms with Crippen molar-refractivity contribution < 1.29 is 9.72 Å². The standard InChI is InChI=1S/C16H14N2O3S/c1-16(12-5-3-2-4-6-12)17(15(19)11-22-16)13-7-9-14(10-8-13)18(20)21/h2-10H,11H2,1H3. The molecule has 0 saturated carbocycles. The number of rotatable bonds is 3. The Morgan fingerprint density at radius 1 is 1.14 bits per heavy atom. The van der Waals surface area contributed by atoms with Crippen LogP contribution in [0.25, 0.3) is 0 Å². The summed E-state index contributed by atoms with van der Waals surface area (Å²) in [5.74, 6) is 0.396.